The molecule has 0 aromatic rings. The molecule has 1 fully saturated rings. The number of hydrogen-bond acceptors (Lipinski definition) is 7. The average molecular weight is 519 g/mol. The molecule has 6 atom stereocenters. The molecular weight excluding hydrogens is 464 g/mol. The Morgan fingerprint density at radius 3 is 1.67 bits per heavy atom. The van der Waals surface area contributed by atoms with E-state index in [-0.39, 0.29) is 12.5 Å². The van der Waals surface area contributed by atoms with Gasteiger partial charge in [0.15, 0.2) is 6.29 Å². The minimum Gasteiger partial charge on any atom is -0.481 e. The molecule has 0 spiro atoms. The lowest BCUT2D eigenvalue weighted by atomic mass is 9.98. The van der Waals surface area contributed by atoms with Crippen molar-refractivity contribution in [2.24, 2.45) is 0 Å². The highest BCUT2D eigenvalue weighted by molar-refractivity contribution is 5.66. The van der Waals surface area contributed by atoms with Crippen molar-refractivity contribution in [3.8, 4) is 0 Å². The van der Waals surface area contributed by atoms with Gasteiger partial charge in [0, 0.05) is 6.42 Å². The van der Waals surface area contributed by atoms with Crippen LogP contribution in [0.25, 0.3) is 0 Å². The Labute approximate surface area is 218 Å². The Morgan fingerprint density at radius 1 is 0.722 bits per heavy atom. The highest BCUT2D eigenvalue weighted by Crippen LogP contribution is 2.26. The van der Waals surface area contributed by atoms with Gasteiger partial charge in [-0.05, 0) is 19.3 Å². The zero-order chi connectivity index (χ0) is 26.6. The second kappa shape index (κ2) is 21.2. The molecule has 0 saturated carbocycles. The van der Waals surface area contributed by atoms with Crippen LogP contribution in [0.1, 0.15) is 129 Å². The van der Waals surface area contributed by atoms with Crippen molar-refractivity contribution < 1.29 is 39.8 Å². The quantitative estimate of drug-likeness (QED) is 0.123. The number of aliphatic hydroxyl groups excluding tert-OH is 4. The summed E-state index contributed by atoms with van der Waals surface area (Å²) in [5, 5.41) is 48.6. The maximum Gasteiger partial charge on any atom is 0.303 e. The first kappa shape index (κ1) is 33.3. The number of rotatable bonds is 23. The van der Waals surface area contributed by atoms with Gasteiger partial charge in [-0.2, -0.15) is 0 Å². The van der Waals surface area contributed by atoms with E-state index in [9.17, 15) is 25.2 Å². The lowest BCUT2D eigenvalue weighted by molar-refractivity contribution is -0.312. The molecule has 0 amide bonds. The number of ether oxygens (including phenoxy) is 2. The number of carboxylic acids is 1. The second-order valence-electron chi connectivity index (χ2n) is 10.5. The van der Waals surface area contributed by atoms with Gasteiger partial charge in [-0.3, -0.25) is 4.79 Å². The van der Waals surface area contributed by atoms with E-state index in [2.05, 4.69) is 6.92 Å². The van der Waals surface area contributed by atoms with Crippen LogP contribution in [0.5, 0.6) is 0 Å². The topological polar surface area (TPSA) is 137 Å². The SMILES string of the molecule is CCCCCCCCCC(CCCCCCCCCCCC(=O)O)OC1O[C@H](CO)[C@@H](O)[C@H](O)[C@H]1O. The molecular formula is C28H54O8. The second-order valence-corrected chi connectivity index (χ2v) is 10.5. The van der Waals surface area contributed by atoms with E-state index in [1.807, 2.05) is 0 Å². The summed E-state index contributed by atoms with van der Waals surface area (Å²) in [6.45, 7) is 1.76. The van der Waals surface area contributed by atoms with Gasteiger partial charge in [-0.1, -0.05) is 103 Å². The van der Waals surface area contributed by atoms with Crippen LogP contribution in [-0.4, -0.2) is 74.9 Å². The third kappa shape index (κ3) is 14.8. The number of aliphatic hydroxyl groups is 4. The van der Waals surface area contributed by atoms with E-state index in [0.29, 0.717) is 0 Å². The minimum absolute atomic E-state index is 0.101. The van der Waals surface area contributed by atoms with Gasteiger partial charge < -0.3 is 35.0 Å². The fraction of sp³-hybridized carbons (Fsp3) is 0.964. The first-order chi connectivity index (χ1) is 17.4. The summed E-state index contributed by atoms with van der Waals surface area (Å²) < 4.78 is 11.7. The van der Waals surface area contributed by atoms with E-state index in [0.717, 1.165) is 70.6 Å². The van der Waals surface area contributed by atoms with Crippen LogP contribution in [-0.2, 0) is 14.3 Å². The summed E-state index contributed by atoms with van der Waals surface area (Å²) in [6, 6.07) is 0. The summed E-state index contributed by atoms with van der Waals surface area (Å²) in [6.07, 6.45) is 13.8. The lowest BCUT2D eigenvalue weighted by Crippen LogP contribution is -2.59. The number of hydrogen-bond donors (Lipinski definition) is 5. The van der Waals surface area contributed by atoms with E-state index in [1.54, 1.807) is 0 Å². The molecule has 5 N–H and O–H groups in total. The van der Waals surface area contributed by atoms with Gasteiger partial charge in [0.05, 0.1) is 12.7 Å². The van der Waals surface area contributed by atoms with E-state index >= 15 is 0 Å². The smallest absolute Gasteiger partial charge is 0.303 e. The monoisotopic (exact) mass is 518 g/mol. The van der Waals surface area contributed by atoms with Gasteiger partial charge >= 0.3 is 5.97 Å². The van der Waals surface area contributed by atoms with Crippen molar-refractivity contribution in [1.82, 2.24) is 0 Å². The normalized spacial score (nSPS) is 25.2. The maximum absolute atomic E-state index is 10.5. The Balaban J connectivity index is 2.35. The van der Waals surface area contributed by atoms with Gasteiger partial charge in [-0.25, -0.2) is 0 Å². The molecule has 8 nitrogen and oxygen atoms in total. The molecule has 0 bridgehead atoms. The Morgan fingerprint density at radius 2 is 1.19 bits per heavy atom. The van der Waals surface area contributed by atoms with Gasteiger partial charge in [0.1, 0.15) is 24.4 Å². The first-order valence-electron chi connectivity index (χ1n) is 14.6. The minimum atomic E-state index is -1.41. The fourth-order valence-corrected chi connectivity index (χ4v) is 4.86. The highest BCUT2D eigenvalue weighted by atomic mass is 16.7. The van der Waals surface area contributed by atoms with Crippen molar-refractivity contribution in [3.63, 3.8) is 0 Å². The lowest BCUT2D eigenvalue weighted by Gasteiger charge is -2.41. The molecule has 0 aliphatic carbocycles. The molecule has 0 radical (unpaired) electrons. The van der Waals surface area contributed by atoms with Crippen molar-refractivity contribution in [1.29, 1.82) is 0 Å². The molecule has 1 heterocycles. The van der Waals surface area contributed by atoms with Crippen LogP contribution in [0, 0.1) is 0 Å². The van der Waals surface area contributed by atoms with Crippen LogP contribution in [0.3, 0.4) is 0 Å². The summed E-state index contributed by atoms with van der Waals surface area (Å²) >= 11 is 0. The van der Waals surface area contributed by atoms with E-state index in [1.165, 1.54) is 44.9 Å². The summed E-state index contributed by atoms with van der Waals surface area (Å²) in [7, 11) is 0. The highest BCUT2D eigenvalue weighted by Gasteiger charge is 2.44. The maximum atomic E-state index is 10.5. The van der Waals surface area contributed by atoms with Crippen LogP contribution < -0.4 is 0 Å². The van der Waals surface area contributed by atoms with Crippen LogP contribution >= 0.6 is 0 Å². The number of carbonyl (C=O) groups is 1. The van der Waals surface area contributed by atoms with E-state index < -0.39 is 43.3 Å². The zero-order valence-electron chi connectivity index (χ0n) is 22.6. The van der Waals surface area contributed by atoms with Gasteiger partial charge in [0.25, 0.3) is 0 Å². The average Bonchev–Trinajstić information content (AvgIpc) is 2.86. The Kier molecular flexibility index (Phi) is 19.6. The molecule has 1 aliphatic heterocycles. The molecule has 2 unspecified atom stereocenters. The summed E-state index contributed by atoms with van der Waals surface area (Å²) in [5.41, 5.74) is 0. The number of aliphatic carboxylic acids is 1. The van der Waals surface area contributed by atoms with Crippen LogP contribution in [0.4, 0.5) is 0 Å². The number of carboxylic acid groups (broad SMARTS) is 1. The standard InChI is InChI=1S/C28H54O8/c1-2-3-4-5-9-12-15-18-22(35-28-27(34)26(33)25(32)23(21-29)36-28)19-16-13-10-7-6-8-11-14-17-20-24(30)31/h22-23,25-29,32-34H,2-21H2,1H3,(H,30,31)/t22?,23-,25-,26+,27-,28?/m1/s1. The molecule has 0 aromatic carbocycles. The Bertz CT molecular complexity index is 530. The summed E-state index contributed by atoms with van der Waals surface area (Å²) in [5.74, 6) is -0.712. The third-order valence-corrected chi connectivity index (χ3v) is 7.22. The van der Waals surface area contributed by atoms with Crippen LogP contribution in [0.15, 0.2) is 0 Å². The van der Waals surface area contributed by atoms with Gasteiger partial charge in [0.2, 0.25) is 0 Å². The molecule has 1 aliphatic rings. The van der Waals surface area contributed by atoms with Crippen molar-refractivity contribution in [2.75, 3.05) is 6.61 Å². The third-order valence-electron chi connectivity index (χ3n) is 7.22. The van der Waals surface area contributed by atoms with Crippen LogP contribution in [0.2, 0.25) is 0 Å². The summed E-state index contributed by atoms with van der Waals surface area (Å²) in [4.78, 5) is 10.5. The van der Waals surface area contributed by atoms with Crippen molar-refractivity contribution >= 4 is 5.97 Å². The molecule has 0 aromatic heterocycles. The number of unbranched alkanes of at least 4 members (excludes halogenated alkanes) is 14. The largest absolute Gasteiger partial charge is 0.481 e. The predicted octanol–water partition coefficient (Wildman–Crippen LogP) is 4.69. The molecule has 1 rings (SSSR count). The molecule has 36 heavy (non-hydrogen) atoms. The van der Waals surface area contributed by atoms with Gasteiger partial charge in [-0.15, -0.1) is 0 Å². The first-order valence-corrected chi connectivity index (χ1v) is 14.6. The molecule has 8 heteroatoms. The fourth-order valence-electron chi connectivity index (χ4n) is 4.86. The van der Waals surface area contributed by atoms with Crippen molar-refractivity contribution in [2.45, 2.75) is 166 Å². The zero-order valence-corrected chi connectivity index (χ0v) is 22.6. The molecule has 214 valence electrons. The van der Waals surface area contributed by atoms with E-state index in [4.69, 9.17) is 14.6 Å². The predicted molar refractivity (Wildman–Crippen MR) is 140 cm³/mol. The Hall–Kier alpha value is -0.770. The molecule has 1 saturated heterocycles. The van der Waals surface area contributed by atoms with Crippen molar-refractivity contribution in [3.05, 3.63) is 0 Å².